The van der Waals surface area contributed by atoms with Gasteiger partial charge in [-0.1, -0.05) is 64.1 Å². The van der Waals surface area contributed by atoms with E-state index in [0.29, 0.717) is 0 Å². The molecule has 0 aliphatic carbocycles. The van der Waals surface area contributed by atoms with Crippen LogP contribution in [0.4, 0.5) is 5.69 Å². The number of amides is 1. The van der Waals surface area contributed by atoms with E-state index in [9.17, 15) is 4.79 Å². The molecular formula is C16H23NO. The lowest BCUT2D eigenvalue weighted by molar-refractivity contribution is -0.114. The maximum Gasteiger partial charge on any atom is 0.221 e. The zero-order valence-corrected chi connectivity index (χ0v) is 11.9. The summed E-state index contributed by atoms with van der Waals surface area (Å²) < 4.78 is 0. The fourth-order valence-electron chi connectivity index (χ4n) is 1.52. The molecule has 0 bridgehead atoms. The summed E-state index contributed by atoms with van der Waals surface area (Å²) in [7, 11) is 0. The van der Waals surface area contributed by atoms with Crippen molar-refractivity contribution in [2.24, 2.45) is 0 Å². The number of fused-ring (bicyclic) bond motifs is 1. The smallest absolute Gasteiger partial charge is 0.221 e. The second-order valence-corrected chi connectivity index (χ2v) is 3.21. The Labute approximate surface area is 110 Å². The molecule has 0 aliphatic heterocycles. The van der Waals surface area contributed by atoms with Gasteiger partial charge < -0.3 is 5.32 Å². The lowest BCUT2D eigenvalue weighted by Gasteiger charge is -2.05. The average molecular weight is 245 g/mol. The topological polar surface area (TPSA) is 29.1 Å². The van der Waals surface area contributed by atoms with Crippen LogP contribution in [0.25, 0.3) is 10.8 Å². The van der Waals surface area contributed by atoms with Gasteiger partial charge in [-0.25, -0.2) is 0 Å². The summed E-state index contributed by atoms with van der Waals surface area (Å²) in [5.41, 5.74) is 0.871. The minimum atomic E-state index is -0.0404. The average Bonchev–Trinajstić information content (AvgIpc) is 2.43. The second-order valence-electron chi connectivity index (χ2n) is 3.21. The Morgan fingerprint density at radius 1 is 0.889 bits per heavy atom. The van der Waals surface area contributed by atoms with E-state index in [-0.39, 0.29) is 5.91 Å². The van der Waals surface area contributed by atoms with Crippen molar-refractivity contribution in [1.82, 2.24) is 0 Å². The predicted octanol–water partition coefficient (Wildman–Crippen LogP) is 4.85. The third kappa shape index (κ3) is 4.58. The molecule has 0 radical (unpaired) electrons. The number of benzene rings is 2. The molecule has 0 fully saturated rings. The van der Waals surface area contributed by atoms with Crippen LogP contribution in [-0.4, -0.2) is 5.91 Å². The minimum Gasteiger partial charge on any atom is -0.326 e. The lowest BCUT2D eigenvalue weighted by Crippen LogP contribution is -2.05. The molecule has 0 aliphatic rings. The molecule has 1 N–H and O–H groups in total. The molecule has 0 spiro atoms. The molecule has 0 atom stereocenters. The summed E-state index contributed by atoms with van der Waals surface area (Å²) in [4.78, 5) is 10.9. The molecule has 2 aromatic rings. The normalized spacial score (nSPS) is 8.50. The van der Waals surface area contributed by atoms with Crippen molar-refractivity contribution in [2.75, 3.05) is 5.32 Å². The molecule has 98 valence electrons. The van der Waals surface area contributed by atoms with Gasteiger partial charge in [0, 0.05) is 18.0 Å². The van der Waals surface area contributed by atoms with Gasteiger partial charge in [0.15, 0.2) is 0 Å². The fourth-order valence-corrected chi connectivity index (χ4v) is 1.52. The zero-order valence-electron chi connectivity index (χ0n) is 11.9. The van der Waals surface area contributed by atoms with E-state index in [4.69, 9.17) is 0 Å². The predicted molar refractivity (Wildman–Crippen MR) is 80.9 cm³/mol. The highest BCUT2D eigenvalue weighted by molar-refractivity contribution is 6.01. The van der Waals surface area contributed by atoms with Crippen molar-refractivity contribution < 1.29 is 4.79 Å². The standard InChI is InChI=1S/C12H11NO.2C2H6/c1-9(14)13-12-8-4-6-10-5-2-3-7-11(10)12;2*1-2/h2-8H,1H3,(H,13,14);2*1-2H3. The van der Waals surface area contributed by atoms with E-state index in [1.165, 1.54) is 6.92 Å². The van der Waals surface area contributed by atoms with Crippen molar-refractivity contribution in [1.29, 1.82) is 0 Å². The largest absolute Gasteiger partial charge is 0.326 e. The van der Waals surface area contributed by atoms with Crippen LogP contribution < -0.4 is 5.32 Å². The number of carbonyl (C=O) groups excluding carboxylic acids is 1. The molecule has 2 nitrogen and oxygen atoms in total. The van der Waals surface area contributed by atoms with Gasteiger partial charge in [0.2, 0.25) is 5.91 Å². The number of rotatable bonds is 1. The van der Waals surface area contributed by atoms with E-state index < -0.39 is 0 Å². The van der Waals surface area contributed by atoms with Crippen LogP contribution in [0.3, 0.4) is 0 Å². The monoisotopic (exact) mass is 245 g/mol. The van der Waals surface area contributed by atoms with Crippen LogP contribution in [0.2, 0.25) is 0 Å². The minimum absolute atomic E-state index is 0.0404. The Hall–Kier alpha value is -1.83. The number of nitrogens with one attached hydrogen (secondary N) is 1. The quantitative estimate of drug-likeness (QED) is 0.764. The fraction of sp³-hybridized carbons (Fsp3) is 0.312. The van der Waals surface area contributed by atoms with Crippen molar-refractivity contribution in [3.05, 3.63) is 42.5 Å². The number of hydrogen-bond acceptors (Lipinski definition) is 1. The van der Waals surface area contributed by atoms with Crippen molar-refractivity contribution in [2.45, 2.75) is 34.6 Å². The van der Waals surface area contributed by atoms with Gasteiger partial charge in [-0.3, -0.25) is 4.79 Å². The van der Waals surface area contributed by atoms with E-state index in [1.54, 1.807) is 0 Å². The molecule has 0 saturated carbocycles. The molecule has 0 aromatic heterocycles. The van der Waals surface area contributed by atoms with Crippen LogP contribution in [0, 0.1) is 0 Å². The van der Waals surface area contributed by atoms with Gasteiger partial charge in [0.25, 0.3) is 0 Å². The first-order chi connectivity index (χ1) is 8.77. The van der Waals surface area contributed by atoms with Gasteiger partial charge in [-0.2, -0.15) is 0 Å². The molecule has 18 heavy (non-hydrogen) atoms. The summed E-state index contributed by atoms with van der Waals surface area (Å²) >= 11 is 0. The molecule has 1 amide bonds. The first-order valence-electron chi connectivity index (χ1n) is 6.53. The van der Waals surface area contributed by atoms with Gasteiger partial charge >= 0.3 is 0 Å². The maximum atomic E-state index is 10.9. The van der Waals surface area contributed by atoms with Gasteiger partial charge in [-0.05, 0) is 11.5 Å². The van der Waals surface area contributed by atoms with E-state index >= 15 is 0 Å². The molecule has 0 heterocycles. The van der Waals surface area contributed by atoms with Crippen molar-refractivity contribution in [3.8, 4) is 0 Å². The molecule has 0 unspecified atom stereocenters. The first kappa shape index (κ1) is 16.2. The lowest BCUT2D eigenvalue weighted by atomic mass is 10.1. The Balaban J connectivity index is 0.000000659. The Morgan fingerprint density at radius 3 is 2.06 bits per heavy atom. The maximum absolute atomic E-state index is 10.9. The first-order valence-corrected chi connectivity index (χ1v) is 6.53. The van der Waals surface area contributed by atoms with Gasteiger partial charge in [0.05, 0.1) is 0 Å². The number of carbonyl (C=O) groups is 1. The Morgan fingerprint density at radius 2 is 1.44 bits per heavy atom. The highest BCUT2D eigenvalue weighted by Gasteiger charge is 2.00. The summed E-state index contributed by atoms with van der Waals surface area (Å²) in [6.45, 7) is 9.52. The Kier molecular flexibility index (Phi) is 8.29. The number of hydrogen-bond donors (Lipinski definition) is 1. The van der Waals surface area contributed by atoms with Crippen LogP contribution in [-0.2, 0) is 4.79 Å². The SMILES string of the molecule is CC.CC.CC(=O)Nc1cccc2ccccc12. The second kappa shape index (κ2) is 9.23. The molecule has 2 aromatic carbocycles. The van der Waals surface area contributed by atoms with E-state index in [2.05, 4.69) is 5.32 Å². The summed E-state index contributed by atoms with van der Waals surface area (Å²) in [6.07, 6.45) is 0. The van der Waals surface area contributed by atoms with Crippen molar-refractivity contribution in [3.63, 3.8) is 0 Å². The van der Waals surface area contributed by atoms with Crippen molar-refractivity contribution >= 4 is 22.4 Å². The van der Waals surface area contributed by atoms with Crippen LogP contribution in [0.1, 0.15) is 34.6 Å². The van der Waals surface area contributed by atoms with Gasteiger partial charge in [-0.15, -0.1) is 0 Å². The highest BCUT2D eigenvalue weighted by Crippen LogP contribution is 2.22. The molecule has 2 rings (SSSR count). The zero-order chi connectivity index (χ0) is 14.0. The third-order valence-corrected chi connectivity index (χ3v) is 2.10. The van der Waals surface area contributed by atoms with Gasteiger partial charge in [0.1, 0.15) is 0 Å². The molecular weight excluding hydrogens is 222 g/mol. The molecule has 2 heteroatoms. The highest BCUT2D eigenvalue weighted by atomic mass is 16.1. The summed E-state index contributed by atoms with van der Waals surface area (Å²) in [6, 6.07) is 13.9. The summed E-state index contributed by atoms with van der Waals surface area (Å²) in [5.74, 6) is -0.0404. The molecule has 0 saturated heterocycles. The summed E-state index contributed by atoms with van der Waals surface area (Å²) in [5, 5.41) is 5.02. The van der Waals surface area contributed by atoms with Crippen LogP contribution >= 0.6 is 0 Å². The number of anilines is 1. The van der Waals surface area contributed by atoms with E-state index in [0.717, 1.165) is 16.5 Å². The van der Waals surface area contributed by atoms with Crippen LogP contribution in [0.5, 0.6) is 0 Å². The van der Waals surface area contributed by atoms with Crippen LogP contribution in [0.15, 0.2) is 42.5 Å². The third-order valence-electron chi connectivity index (χ3n) is 2.10. The Bertz CT molecular complexity index is 472. The van der Waals surface area contributed by atoms with E-state index in [1.807, 2.05) is 70.2 Å².